The van der Waals surface area contributed by atoms with Crippen LogP contribution < -0.4 is 9.62 Å². The molecule has 2 aromatic rings. The predicted molar refractivity (Wildman–Crippen MR) is 138 cm³/mol. The van der Waals surface area contributed by atoms with Crippen LogP contribution in [0.5, 0.6) is 0 Å². The Morgan fingerprint density at radius 1 is 0.971 bits per heavy atom. The highest BCUT2D eigenvalue weighted by Crippen LogP contribution is 2.35. The number of benzene rings is 2. The van der Waals surface area contributed by atoms with Gasteiger partial charge in [-0.05, 0) is 45.4 Å². The number of nitrogens with zero attached hydrogens (tertiary/aromatic N) is 2. The molecule has 1 N–H and O–H groups in total. The van der Waals surface area contributed by atoms with Crippen molar-refractivity contribution < 1.29 is 18.0 Å². The fourth-order valence-corrected chi connectivity index (χ4v) is 4.72. The van der Waals surface area contributed by atoms with Gasteiger partial charge in [-0.15, -0.1) is 0 Å². The van der Waals surface area contributed by atoms with Crippen molar-refractivity contribution in [2.75, 3.05) is 17.1 Å². The molecule has 0 aliphatic rings. The van der Waals surface area contributed by atoms with Gasteiger partial charge < -0.3 is 10.2 Å². The number of carbonyl (C=O) groups excluding carboxylic acids is 2. The van der Waals surface area contributed by atoms with Gasteiger partial charge in [-0.1, -0.05) is 64.6 Å². The molecule has 0 saturated heterocycles. The molecule has 34 heavy (non-hydrogen) atoms. The van der Waals surface area contributed by atoms with Crippen molar-refractivity contribution in [3.05, 3.63) is 62.6 Å². The number of nitrogens with one attached hydrogen (secondary N) is 1. The zero-order valence-corrected chi connectivity index (χ0v) is 22.7. The second kappa shape index (κ2) is 11.6. The highest BCUT2D eigenvalue weighted by atomic mass is 35.5. The number of amides is 2. The Kier molecular flexibility index (Phi) is 9.65. The number of sulfonamides is 1. The molecule has 7 nitrogen and oxygen atoms in total. The van der Waals surface area contributed by atoms with Gasteiger partial charge in [0.25, 0.3) is 0 Å². The molecule has 0 radical (unpaired) electrons. The SMILES string of the molecule is Cc1ccc(CN(C(=O)CN(c2cc(Cl)c(Cl)cc2Cl)S(C)(=O)=O)[C@@H](C)C(=O)NC(C)C)cc1. The minimum atomic E-state index is -3.94. The lowest BCUT2D eigenvalue weighted by molar-refractivity contribution is -0.139. The van der Waals surface area contributed by atoms with Crippen molar-refractivity contribution in [1.29, 1.82) is 0 Å². The molecule has 0 heterocycles. The molecule has 2 rings (SSSR count). The number of aryl methyl sites for hydroxylation is 1. The predicted octanol–water partition coefficient (Wildman–Crippen LogP) is 4.66. The molecular weight excluding hydrogens is 521 g/mol. The van der Waals surface area contributed by atoms with Crippen LogP contribution in [0.3, 0.4) is 0 Å². The standard InChI is InChI=1S/C23H28Cl3N3O4S/c1-14(2)27-23(31)16(4)28(12-17-8-6-15(3)7-9-17)22(30)13-29(34(5,32)33)21-11-19(25)18(24)10-20(21)26/h6-11,14,16H,12-13H2,1-5H3,(H,27,31)/t16-/m0/s1. The number of hydrogen-bond acceptors (Lipinski definition) is 4. The Bertz CT molecular complexity index is 1150. The van der Waals surface area contributed by atoms with Crippen LogP contribution in [0.4, 0.5) is 5.69 Å². The molecule has 0 fully saturated rings. The van der Waals surface area contributed by atoms with Crippen LogP contribution in [0, 0.1) is 6.92 Å². The van der Waals surface area contributed by atoms with Crippen molar-refractivity contribution in [2.24, 2.45) is 0 Å². The van der Waals surface area contributed by atoms with Crippen LogP contribution in [-0.2, 0) is 26.2 Å². The molecule has 2 aromatic carbocycles. The Hall–Kier alpha value is -2.00. The number of anilines is 1. The summed E-state index contributed by atoms with van der Waals surface area (Å²) in [6.45, 7) is 6.69. The maximum atomic E-state index is 13.5. The largest absolute Gasteiger partial charge is 0.352 e. The Morgan fingerprint density at radius 2 is 1.53 bits per heavy atom. The van der Waals surface area contributed by atoms with Crippen LogP contribution >= 0.6 is 34.8 Å². The normalized spacial score (nSPS) is 12.4. The van der Waals surface area contributed by atoms with Crippen LogP contribution in [0.15, 0.2) is 36.4 Å². The van der Waals surface area contributed by atoms with E-state index in [0.29, 0.717) is 0 Å². The molecule has 0 spiro atoms. The molecule has 11 heteroatoms. The van der Waals surface area contributed by atoms with E-state index in [2.05, 4.69) is 5.32 Å². The summed E-state index contributed by atoms with van der Waals surface area (Å²) in [5, 5.41) is 3.04. The van der Waals surface area contributed by atoms with Crippen LogP contribution in [0.2, 0.25) is 15.1 Å². The average molecular weight is 549 g/mol. The maximum Gasteiger partial charge on any atom is 0.244 e. The number of halogens is 3. The summed E-state index contributed by atoms with van der Waals surface area (Å²) < 4.78 is 26.1. The minimum absolute atomic E-state index is 0.0153. The quantitative estimate of drug-likeness (QED) is 0.462. The summed E-state index contributed by atoms with van der Waals surface area (Å²) in [5.74, 6) is -0.937. The molecule has 0 bridgehead atoms. The van der Waals surface area contributed by atoms with Crippen molar-refractivity contribution in [1.82, 2.24) is 10.2 Å². The first-order valence-corrected chi connectivity index (χ1v) is 13.5. The molecule has 0 aliphatic heterocycles. The van der Waals surface area contributed by atoms with Gasteiger partial charge in [-0.2, -0.15) is 0 Å². The minimum Gasteiger partial charge on any atom is -0.352 e. The van der Waals surface area contributed by atoms with E-state index in [0.717, 1.165) is 21.7 Å². The summed E-state index contributed by atoms with van der Waals surface area (Å²) in [6.07, 6.45) is 0.957. The Morgan fingerprint density at radius 3 is 2.06 bits per heavy atom. The van der Waals surface area contributed by atoms with E-state index in [1.54, 1.807) is 6.92 Å². The van der Waals surface area contributed by atoms with E-state index < -0.39 is 28.5 Å². The van der Waals surface area contributed by atoms with Gasteiger partial charge >= 0.3 is 0 Å². The van der Waals surface area contributed by atoms with Gasteiger partial charge in [0.2, 0.25) is 21.8 Å². The monoisotopic (exact) mass is 547 g/mol. The number of carbonyl (C=O) groups is 2. The number of rotatable bonds is 9. The van der Waals surface area contributed by atoms with E-state index in [9.17, 15) is 18.0 Å². The van der Waals surface area contributed by atoms with Crippen molar-refractivity contribution >= 4 is 62.3 Å². The fraction of sp³-hybridized carbons (Fsp3) is 0.391. The highest BCUT2D eigenvalue weighted by molar-refractivity contribution is 7.92. The first-order chi connectivity index (χ1) is 15.7. The molecule has 0 aromatic heterocycles. The molecule has 186 valence electrons. The third-order valence-electron chi connectivity index (χ3n) is 5.01. The van der Waals surface area contributed by atoms with Gasteiger partial charge in [-0.25, -0.2) is 8.42 Å². The second-order valence-corrected chi connectivity index (χ2v) is 11.5. The number of hydrogen-bond donors (Lipinski definition) is 1. The fourth-order valence-electron chi connectivity index (χ4n) is 3.18. The van der Waals surface area contributed by atoms with E-state index >= 15 is 0 Å². The first-order valence-electron chi connectivity index (χ1n) is 10.5. The van der Waals surface area contributed by atoms with Gasteiger partial charge in [-0.3, -0.25) is 13.9 Å². The van der Waals surface area contributed by atoms with E-state index in [1.165, 1.54) is 17.0 Å². The van der Waals surface area contributed by atoms with Crippen molar-refractivity contribution in [3.63, 3.8) is 0 Å². The van der Waals surface area contributed by atoms with E-state index in [-0.39, 0.29) is 39.2 Å². The zero-order valence-electron chi connectivity index (χ0n) is 19.6. The third kappa shape index (κ3) is 7.50. The molecule has 2 amide bonds. The van der Waals surface area contributed by atoms with Crippen LogP contribution in [-0.4, -0.2) is 50.0 Å². The summed E-state index contributed by atoms with van der Waals surface area (Å²) in [6, 6.07) is 9.12. The highest BCUT2D eigenvalue weighted by Gasteiger charge is 2.31. The van der Waals surface area contributed by atoms with Crippen molar-refractivity contribution in [2.45, 2.75) is 46.3 Å². The summed E-state index contributed by atoms with van der Waals surface area (Å²) >= 11 is 18.3. The molecule has 0 aliphatic carbocycles. The average Bonchev–Trinajstić information content (AvgIpc) is 2.72. The van der Waals surface area contributed by atoms with Crippen LogP contribution in [0.25, 0.3) is 0 Å². The maximum absolute atomic E-state index is 13.5. The Balaban J connectivity index is 2.45. The van der Waals surface area contributed by atoms with Crippen molar-refractivity contribution in [3.8, 4) is 0 Å². The molecular formula is C23H28Cl3N3O4S. The third-order valence-corrected chi connectivity index (χ3v) is 7.16. The van der Waals surface area contributed by atoms with Gasteiger partial charge in [0.15, 0.2) is 0 Å². The van der Waals surface area contributed by atoms with Gasteiger partial charge in [0, 0.05) is 12.6 Å². The first kappa shape index (κ1) is 28.2. The van der Waals surface area contributed by atoms with E-state index in [4.69, 9.17) is 34.8 Å². The second-order valence-electron chi connectivity index (χ2n) is 8.33. The lowest BCUT2D eigenvalue weighted by Gasteiger charge is -2.32. The van der Waals surface area contributed by atoms with Crippen LogP contribution in [0.1, 0.15) is 31.9 Å². The molecule has 1 atom stereocenters. The zero-order chi connectivity index (χ0) is 25.8. The van der Waals surface area contributed by atoms with Gasteiger partial charge in [0.05, 0.1) is 27.0 Å². The smallest absolute Gasteiger partial charge is 0.244 e. The topological polar surface area (TPSA) is 86.8 Å². The summed E-state index contributed by atoms with van der Waals surface area (Å²) in [5.41, 5.74) is 1.85. The Labute approximate surface area is 216 Å². The van der Waals surface area contributed by atoms with E-state index in [1.807, 2.05) is 45.0 Å². The summed E-state index contributed by atoms with van der Waals surface area (Å²) in [7, 11) is -3.94. The molecule has 0 saturated carbocycles. The molecule has 0 unspecified atom stereocenters. The van der Waals surface area contributed by atoms with Gasteiger partial charge in [0.1, 0.15) is 12.6 Å². The lowest BCUT2D eigenvalue weighted by atomic mass is 10.1. The summed E-state index contributed by atoms with van der Waals surface area (Å²) in [4.78, 5) is 27.6. The lowest BCUT2D eigenvalue weighted by Crippen LogP contribution is -2.52.